The minimum absolute atomic E-state index is 0.116. The van der Waals surface area contributed by atoms with Crippen LogP contribution in [0.4, 0.5) is 5.69 Å². The normalized spacial score (nSPS) is 12.1. The molecule has 0 bridgehead atoms. The summed E-state index contributed by atoms with van der Waals surface area (Å²) in [6.07, 6.45) is 0.704. The number of amides is 2. The summed E-state index contributed by atoms with van der Waals surface area (Å²) < 4.78 is 12.6. The van der Waals surface area contributed by atoms with E-state index < -0.39 is 11.6 Å². The molecule has 0 saturated heterocycles. The molecule has 38 heavy (non-hydrogen) atoms. The van der Waals surface area contributed by atoms with Crippen molar-refractivity contribution in [3.63, 3.8) is 0 Å². The second kappa shape index (κ2) is 11.3. The van der Waals surface area contributed by atoms with Crippen molar-refractivity contribution in [2.45, 2.75) is 45.3 Å². The van der Waals surface area contributed by atoms with Crippen LogP contribution in [0.1, 0.15) is 38.8 Å². The molecule has 1 aromatic heterocycles. The summed E-state index contributed by atoms with van der Waals surface area (Å²) in [5, 5.41) is 11.5. The SMILES string of the molecule is CCC(C)(C)NC(=O)C(c1ccc(OC)cc1OC)N(C(=O)Cn1nnc2ccccc21)c1ccccc1. The predicted molar refractivity (Wildman–Crippen MR) is 146 cm³/mol. The summed E-state index contributed by atoms with van der Waals surface area (Å²) in [5.41, 5.74) is 2.00. The number of carbonyl (C=O) groups is 2. The first kappa shape index (κ1) is 26.7. The number of aromatic nitrogens is 3. The third-order valence-electron chi connectivity index (χ3n) is 6.60. The van der Waals surface area contributed by atoms with Crippen molar-refractivity contribution < 1.29 is 19.1 Å². The Kier molecular flexibility index (Phi) is 7.95. The van der Waals surface area contributed by atoms with Crippen molar-refractivity contribution in [2.24, 2.45) is 0 Å². The van der Waals surface area contributed by atoms with E-state index in [0.29, 0.717) is 34.7 Å². The molecule has 4 rings (SSSR count). The third-order valence-corrected chi connectivity index (χ3v) is 6.60. The number of fused-ring (bicyclic) bond motifs is 1. The highest BCUT2D eigenvalue weighted by atomic mass is 16.5. The van der Waals surface area contributed by atoms with E-state index in [-0.39, 0.29) is 18.4 Å². The average molecular weight is 516 g/mol. The van der Waals surface area contributed by atoms with Crippen LogP contribution >= 0.6 is 0 Å². The van der Waals surface area contributed by atoms with E-state index in [2.05, 4.69) is 15.6 Å². The van der Waals surface area contributed by atoms with E-state index >= 15 is 0 Å². The Labute approximate surface area is 222 Å². The monoisotopic (exact) mass is 515 g/mol. The van der Waals surface area contributed by atoms with Gasteiger partial charge < -0.3 is 14.8 Å². The molecule has 1 atom stereocenters. The zero-order valence-electron chi connectivity index (χ0n) is 22.3. The number of para-hydroxylation sites is 2. The van der Waals surface area contributed by atoms with Crippen molar-refractivity contribution in [1.82, 2.24) is 20.3 Å². The maximum atomic E-state index is 14.1. The molecule has 1 unspecified atom stereocenters. The molecular weight excluding hydrogens is 482 g/mol. The van der Waals surface area contributed by atoms with Crippen molar-refractivity contribution in [2.75, 3.05) is 19.1 Å². The minimum atomic E-state index is -1.04. The van der Waals surface area contributed by atoms with Crippen LogP contribution in [0.15, 0.2) is 72.8 Å². The van der Waals surface area contributed by atoms with Crippen molar-refractivity contribution in [3.05, 3.63) is 78.4 Å². The first-order valence-electron chi connectivity index (χ1n) is 12.5. The zero-order valence-corrected chi connectivity index (χ0v) is 22.3. The van der Waals surface area contributed by atoms with Gasteiger partial charge in [0, 0.05) is 22.9 Å². The van der Waals surface area contributed by atoms with Crippen LogP contribution < -0.4 is 19.7 Å². The molecule has 1 heterocycles. The number of hydrogen-bond acceptors (Lipinski definition) is 6. The van der Waals surface area contributed by atoms with E-state index in [1.165, 1.54) is 12.0 Å². The second-order valence-corrected chi connectivity index (χ2v) is 9.57. The molecule has 3 aromatic carbocycles. The Morgan fingerprint density at radius 3 is 2.39 bits per heavy atom. The molecular formula is C29H33N5O4. The number of nitrogens with zero attached hydrogens (tertiary/aromatic N) is 4. The number of benzene rings is 3. The van der Waals surface area contributed by atoms with Gasteiger partial charge in [0.05, 0.1) is 19.7 Å². The fourth-order valence-electron chi connectivity index (χ4n) is 4.20. The van der Waals surface area contributed by atoms with Crippen LogP contribution in [0.5, 0.6) is 11.5 Å². The Bertz CT molecular complexity index is 1420. The topological polar surface area (TPSA) is 98.6 Å². The van der Waals surface area contributed by atoms with E-state index in [1.54, 1.807) is 42.1 Å². The zero-order chi connectivity index (χ0) is 27.3. The number of anilines is 1. The number of nitrogens with one attached hydrogen (secondary N) is 1. The van der Waals surface area contributed by atoms with Gasteiger partial charge in [-0.05, 0) is 56.7 Å². The Morgan fingerprint density at radius 2 is 1.71 bits per heavy atom. The maximum Gasteiger partial charge on any atom is 0.249 e. The van der Waals surface area contributed by atoms with Gasteiger partial charge in [0.1, 0.15) is 29.6 Å². The Hall–Kier alpha value is -4.40. The number of methoxy groups -OCH3 is 2. The van der Waals surface area contributed by atoms with Crippen molar-refractivity contribution >= 4 is 28.5 Å². The van der Waals surface area contributed by atoms with Crippen LogP contribution in [0, 0.1) is 0 Å². The highest BCUT2D eigenvalue weighted by molar-refractivity contribution is 6.02. The van der Waals surface area contributed by atoms with Gasteiger partial charge in [-0.25, -0.2) is 4.68 Å². The van der Waals surface area contributed by atoms with Crippen LogP contribution in [0.3, 0.4) is 0 Å². The quantitative estimate of drug-likeness (QED) is 0.333. The molecule has 9 heteroatoms. The largest absolute Gasteiger partial charge is 0.497 e. The van der Waals surface area contributed by atoms with Gasteiger partial charge in [-0.15, -0.1) is 5.10 Å². The lowest BCUT2D eigenvalue weighted by Crippen LogP contribution is -2.51. The first-order valence-corrected chi connectivity index (χ1v) is 12.5. The molecule has 9 nitrogen and oxygen atoms in total. The van der Waals surface area contributed by atoms with Gasteiger partial charge in [0.25, 0.3) is 0 Å². The maximum absolute atomic E-state index is 14.1. The summed E-state index contributed by atoms with van der Waals surface area (Å²) >= 11 is 0. The van der Waals surface area contributed by atoms with Gasteiger partial charge in [-0.1, -0.05) is 42.5 Å². The van der Waals surface area contributed by atoms with Crippen molar-refractivity contribution in [1.29, 1.82) is 0 Å². The molecule has 0 saturated carbocycles. The lowest BCUT2D eigenvalue weighted by atomic mass is 9.97. The molecule has 4 aromatic rings. The van der Waals surface area contributed by atoms with Crippen LogP contribution in [-0.2, 0) is 16.1 Å². The molecule has 0 fully saturated rings. The fourth-order valence-corrected chi connectivity index (χ4v) is 4.20. The second-order valence-electron chi connectivity index (χ2n) is 9.57. The molecule has 1 N–H and O–H groups in total. The average Bonchev–Trinajstić information content (AvgIpc) is 3.34. The summed E-state index contributed by atoms with van der Waals surface area (Å²) in [4.78, 5) is 29.7. The van der Waals surface area contributed by atoms with Crippen LogP contribution in [0.2, 0.25) is 0 Å². The van der Waals surface area contributed by atoms with Gasteiger partial charge >= 0.3 is 0 Å². The lowest BCUT2D eigenvalue weighted by Gasteiger charge is -2.35. The smallest absolute Gasteiger partial charge is 0.249 e. The highest BCUT2D eigenvalue weighted by Crippen LogP contribution is 2.36. The molecule has 0 radical (unpaired) electrons. The molecule has 0 aliphatic carbocycles. The minimum Gasteiger partial charge on any atom is -0.497 e. The van der Waals surface area contributed by atoms with Gasteiger partial charge in [-0.3, -0.25) is 14.5 Å². The van der Waals surface area contributed by atoms with Gasteiger partial charge in [0.2, 0.25) is 11.8 Å². The fraction of sp³-hybridized carbons (Fsp3) is 0.310. The van der Waals surface area contributed by atoms with Crippen LogP contribution in [0.25, 0.3) is 11.0 Å². The van der Waals surface area contributed by atoms with E-state index in [1.807, 2.05) is 63.2 Å². The van der Waals surface area contributed by atoms with E-state index in [0.717, 1.165) is 5.52 Å². The van der Waals surface area contributed by atoms with E-state index in [9.17, 15) is 9.59 Å². The Morgan fingerprint density at radius 1 is 1.00 bits per heavy atom. The molecule has 0 spiro atoms. The summed E-state index contributed by atoms with van der Waals surface area (Å²) in [6, 6.07) is 20.7. The number of rotatable bonds is 10. The van der Waals surface area contributed by atoms with Crippen molar-refractivity contribution in [3.8, 4) is 11.5 Å². The summed E-state index contributed by atoms with van der Waals surface area (Å²) in [5.74, 6) is 0.337. The van der Waals surface area contributed by atoms with E-state index in [4.69, 9.17) is 9.47 Å². The van der Waals surface area contributed by atoms with Gasteiger partial charge in [-0.2, -0.15) is 0 Å². The third kappa shape index (κ3) is 5.61. The first-order chi connectivity index (χ1) is 18.3. The molecule has 198 valence electrons. The highest BCUT2D eigenvalue weighted by Gasteiger charge is 2.37. The van der Waals surface area contributed by atoms with Gasteiger partial charge in [0.15, 0.2) is 0 Å². The number of hydrogen-bond donors (Lipinski definition) is 1. The number of carbonyl (C=O) groups excluding carboxylic acids is 2. The molecule has 0 aliphatic rings. The summed E-state index contributed by atoms with van der Waals surface area (Å²) in [6.45, 7) is 5.78. The standard InChI is InChI=1S/C29H33N5O4/c1-6-29(2,3)30-28(36)27(22-17-16-21(37-4)18-25(22)38-5)34(20-12-8-7-9-13-20)26(35)19-33-24-15-11-10-14-23(24)31-32-33/h7-18,27H,6,19H2,1-5H3,(H,30,36). The molecule has 2 amide bonds. The van der Waals surface area contributed by atoms with Crippen LogP contribution in [-0.4, -0.2) is 46.6 Å². The summed E-state index contributed by atoms with van der Waals surface area (Å²) in [7, 11) is 3.09. The number of ether oxygens (including phenoxy) is 2. The Balaban J connectivity index is 1.86. The molecule has 0 aliphatic heterocycles. The lowest BCUT2D eigenvalue weighted by molar-refractivity contribution is -0.128. The predicted octanol–water partition coefficient (Wildman–Crippen LogP) is 4.53.